The van der Waals surface area contributed by atoms with E-state index in [2.05, 4.69) is 4.98 Å². The number of fused-ring (bicyclic) bond motifs is 1. The quantitative estimate of drug-likeness (QED) is 0.778. The Kier molecular flexibility index (Phi) is 3.21. The maximum atomic E-state index is 11.5. The molecule has 19 heavy (non-hydrogen) atoms. The van der Waals surface area contributed by atoms with Gasteiger partial charge in [0.2, 0.25) is 0 Å². The number of pyridine rings is 1. The molecule has 5 heteroatoms. The van der Waals surface area contributed by atoms with E-state index >= 15 is 0 Å². The van der Waals surface area contributed by atoms with E-state index in [0.717, 1.165) is 30.8 Å². The third kappa shape index (κ3) is 2.33. The lowest BCUT2D eigenvalue weighted by atomic mass is 10.1. The van der Waals surface area contributed by atoms with E-state index < -0.39 is 0 Å². The van der Waals surface area contributed by atoms with Crippen molar-refractivity contribution in [3.63, 3.8) is 0 Å². The highest BCUT2D eigenvalue weighted by atomic mass is 16.5. The van der Waals surface area contributed by atoms with E-state index in [1.807, 2.05) is 16.8 Å². The first-order valence-corrected chi connectivity index (χ1v) is 6.46. The number of hydrogen-bond acceptors (Lipinski definition) is 4. The summed E-state index contributed by atoms with van der Waals surface area (Å²) in [5.41, 5.74) is 2.19. The largest absolute Gasteiger partial charge is 0.465 e. The summed E-state index contributed by atoms with van der Waals surface area (Å²) < 4.78 is 12.3. The van der Waals surface area contributed by atoms with Crippen LogP contribution in [0, 0.1) is 0 Å². The molecule has 1 aliphatic rings. The van der Waals surface area contributed by atoms with Crippen LogP contribution in [0.25, 0.3) is 5.65 Å². The van der Waals surface area contributed by atoms with Gasteiger partial charge in [0.15, 0.2) is 0 Å². The van der Waals surface area contributed by atoms with Gasteiger partial charge in [-0.2, -0.15) is 0 Å². The van der Waals surface area contributed by atoms with Gasteiger partial charge in [-0.05, 0) is 31.4 Å². The second kappa shape index (κ2) is 5.01. The van der Waals surface area contributed by atoms with Crippen molar-refractivity contribution in [3.05, 3.63) is 35.8 Å². The smallest absolute Gasteiger partial charge is 0.338 e. The lowest BCUT2D eigenvalue weighted by Crippen LogP contribution is -2.11. The Morgan fingerprint density at radius 3 is 3.16 bits per heavy atom. The van der Waals surface area contributed by atoms with Crippen LogP contribution in [-0.4, -0.2) is 29.1 Å². The summed E-state index contributed by atoms with van der Waals surface area (Å²) in [7, 11) is 1.37. The van der Waals surface area contributed by atoms with Crippen molar-refractivity contribution < 1.29 is 14.3 Å². The van der Waals surface area contributed by atoms with Crippen LogP contribution in [0.4, 0.5) is 0 Å². The van der Waals surface area contributed by atoms with Gasteiger partial charge in [0.05, 0.1) is 18.4 Å². The number of nitrogens with zero attached hydrogens (tertiary/aromatic N) is 2. The molecule has 3 heterocycles. The molecule has 1 atom stereocenters. The van der Waals surface area contributed by atoms with Gasteiger partial charge in [0.1, 0.15) is 11.8 Å². The average molecular weight is 260 g/mol. The van der Waals surface area contributed by atoms with Crippen LogP contribution < -0.4 is 0 Å². The first-order valence-electron chi connectivity index (χ1n) is 6.46. The lowest BCUT2D eigenvalue weighted by molar-refractivity contribution is 0.0126. The number of methoxy groups -OCH3 is 1. The van der Waals surface area contributed by atoms with Crippen LogP contribution in [0.3, 0.4) is 0 Å². The minimum Gasteiger partial charge on any atom is -0.465 e. The van der Waals surface area contributed by atoms with Crippen molar-refractivity contribution in [2.24, 2.45) is 0 Å². The molecule has 2 aromatic rings. The number of carbonyl (C=O) groups is 1. The van der Waals surface area contributed by atoms with Crippen molar-refractivity contribution in [2.45, 2.75) is 25.4 Å². The molecule has 2 aromatic heterocycles. The number of aromatic nitrogens is 2. The maximum Gasteiger partial charge on any atom is 0.338 e. The molecular weight excluding hydrogens is 244 g/mol. The fraction of sp³-hybridized carbons (Fsp3) is 0.429. The molecule has 0 N–H and O–H groups in total. The van der Waals surface area contributed by atoms with E-state index in [1.165, 1.54) is 13.5 Å². The van der Waals surface area contributed by atoms with Crippen molar-refractivity contribution >= 4 is 11.6 Å². The molecule has 0 bridgehead atoms. The predicted octanol–water partition coefficient (Wildman–Crippen LogP) is 2.36. The number of esters is 1. The van der Waals surface area contributed by atoms with E-state index in [9.17, 15) is 4.79 Å². The molecule has 3 rings (SSSR count). The third-order valence-corrected chi connectivity index (χ3v) is 3.41. The van der Waals surface area contributed by atoms with E-state index in [4.69, 9.17) is 9.47 Å². The molecule has 1 saturated heterocycles. The summed E-state index contributed by atoms with van der Waals surface area (Å²) in [4.78, 5) is 16.0. The van der Waals surface area contributed by atoms with E-state index in [-0.39, 0.29) is 12.1 Å². The number of rotatable bonds is 2. The second-order valence-corrected chi connectivity index (χ2v) is 4.69. The zero-order valence-corrected chi connectivity index (χ0v) is 10.8. The Morgan fingerprint density at radius 2 is 2.42 bits per heavy atom. The van der Waals surface area contributed by atoms with Crippen LogP contribution >= 0.6 is 0 Å². The molecule has 0 radical (unpaired) electrons. The van der Waals surface area contributed by atoms with Gasteiger partial charge in [-0.15, -0.1) is 0 Å². The van der Waals surface area contributed by atoms with Crippen LogP contribution in [0.1, 0.15) is 41.4 Å². The Balaban J connectivity index is 1.93. The first kappa shape index (κ1) is 12.2. The summed E-state index contributed by atoms with van der Waals surface area (Å²) in [6, 6.07) is 3.46. The topological polar surface area (TPSA) is 52.8 Å². The zero-order valence-electron chi connectivity index (χ0n) is 10.8. The molecule has 0 amide bonds. The second-order valence-electron chi connectivity index (χ2n) is 4.69. The number of ether oxygens (including phenoxy) is 2. The minimum atomic E-state index is -0.346. The van der Waals surface area contributed by atoms with Crippen molar-refractivity contribution in [1.29, 1.82) is 0 Å². The van der Waals surface area contributed by atoms with Gasteiger partial charge in [0, 0.05) is 19.0 Å². The fourth-order valence-corrected chi connectivity index (χ4v) is 2.38. The van der Waals surface area contributed by atoms with Crippen LogP contribution in [0.15, 0.2) is 24.5 Å². The summed E-state index contributed by atoms with van der Waals surface area (Å²) >= 11 is 0. The summed E-state index contributed by atoms with van der Waals surface area (Å²) in [5.74, 6) is -0.346. The lowest BCUT2D eigenvalue weighted by Gasteiger charge is -2.20. The van der Waals surface area contributed by atoms with E-state index in [1.54, 1.807) is 12.1 Å². The van der Waals surface area contributed by atoms with Gasteiger partial charge in [0.25, 0.3) is 0 Å². The van der Waals surface area contributed by atoms with Gasteiger partial charge in [-0.25, -0.2) is 9.78 Å². The monoisotopic (exact) mass is 260 g/mol. The molecule has 100 valence electrons. The van der Waals surface area contributed by atoms with Crippen molar-refractivity contribution in [2.75, 3.05) is 13.7 Å². The summed E-state index contributed by atoms with van der Waals surface area (Å²) in [6.07, 6.45) is 7.17. The average Bonchev–Trinajstić information content (AvgIpc) is 2.90. The van der Waals surface area contributed by atoms with Crippen LogP contribution in [-0.2, 0) is 9.47 Å². The first-order chi connectivity index (χ1) is 9.28. The standard InChI is InChI=1S/C14H16N2O3/c1-18-14(17)10-5-6-16-9-11(15-13(16)8-10)12-4-2-3-7-19-12/h5-6,8-9,12H,2-4,7H2,1H3. The molecule has 1 aliphatic heterocycles. The molecule has 0 spiro atoms. The highest BCUT2D eigenvalue weighted by molar-refractivity contribution is 5.90. The van der Waals surface area contributed by atoms with Crippen LogP contribution in [0.5, 0.6) is 0 Å². The van der Waals surface area contributed by atoms with Gasteiger partial charge in [-0.3, -0.25) is 0 Å². The Hall–Kier alpha value is -1.88. The van der Waals surface area contributed by atoms with Crippen molar-refractivity contribution in [1.82, 2.24) is 9.38 Å². The molecule has 0 saturated carbocycles. The van der Waals surface area contributed by atoms with Crippen molar-refractivity contribution in [3.8, 4) is 0 Å². The molecule has 1 fully saturated rings. The predicted molar refractivity (Wildman–Crippen MR) is 69.1 cm³/mol. The van der Waals surface area contributed by atoms with E-state index in [0.29, 0.717) is 5.56 Å². The zero-order chi connectivity index (χ0) is 13.2. The third-order valence-electron chi connectivity index (χ3n) is 3.41. The molecule has 0 aromatic carbocycles. The highest BCUT2D eigenvalue weighted by Gasteiger charge is 2.19. The van der Waals surface area contributed by atoms with Gasteiger partial charge >= 0.3 is 5.97 Å². The maximum absolute atomic E-state index is 11.5. The molecule has 5 nitrogen and oxygen atoms in total. The SMILES string of the molecule is COC(=O)c1ccn2cc(C3CCCCO3)nc2c1. The molecule has 0 aliphatic carbocycles. The number of carbonyl (C=O) groups excluding carboxylic acids is 1. The molecule has 1 unspecified atom stereocenters. The minimum absolute atomic E-state index is 0.0789. The number of imidazole rings is 1. The fourth-order valence-electron chi connectivity index (χ4n) is 2.38. The highest BCUT2D eigenvalue weighted by Crippen LogP contribution is 2.27. The molecular formula is C14H16N2O3. The number of hydrogen-bond donors (Lipinski definition) is 0. The normalized spacial score (nSPS) is 19.5. The Morgan fingerprint density at radius 1 is 1.53 bits per heavy atom. The Labute approximate surface area is 111 Å². The van der Waals surface area contributed by atoms with Crippen LogP contribution in [0.2, 0.25) is 0 Å². The summed E-state index contributed by atoms with van der Waals surface area (Å²) in [5, 5.41) is 0. The Bertz CT molecular complexity index is 600. The summed E-state index contributed by atoms with van der Waals surface area (Å²) in [6.45, 7) is 0.798. The van der Waals surface area contributed by atoms with Gasteiger partial charge in [-0.1, -0.05) is 0 Å². The van der Waals surface area contributed by atoms with Gasteiger partial charge < -0.3 is 13.9 Å².